The highest BCUT2D eigenvalue weighted by atomic mass is 35.5. The Balaban J connectivity index is 1.52. The summed E-state index contributed by atoms with van der Waals surface area (Å²) in [7, 11) is 1.99. The molecular weight excluding hydrogens is 338 g/mol. The van der Waals surface area contributed by atoms with Crippen molar-refractivity contribution in [1.82, 2.24) is 15.0 Å². The van der Waals surface area contributed by atoms with Gasteiger partial charge in [-0.1, -0.05) is 47.1 Å². The number of hydrogen-bond donors (Lipinski definition) is 0. The van der Waals surface area contributed by atoms with E-state index in [4.69, 9.17) is 20.9 Å². The molecule has 0 bridgehead atoms. The van der Waals surface area contributed by atoms with Gasteiger partial charge in [0.15, 0.2) is 0 Å². The number of nitrogens with zero attached hydrogens (tertiary/aromatic N) is 3. The maximum Gasteiger partial charge on any atom is 0.241 e. The van der Waals surface area contributed by atoms with Crippen molar-refractivity contribution in [3.05, 3.63) is 65.0 Å². The highest BCUT2D eigenvalue weighted by Gasteiger charge is 2.12. The Bertz CT molecular complexity index is 835. The van der Waals surface area contributed by atoms with Crippen LogP contribution in [-0.4, -0.2) is 35.2 Å². The Morgan fingerprint density at radius 1 is 1.16 bits per heavy atom. The molecule has 0 aliphatic rings. The van der Waals surface area contributed by atoms with Crippen molar-refractivity contribution in [2.45, 2.75) is 13.5 Å². The number of aromatic nitrogens is 2. The summed E-state index contributed by atoms with van der Waals surface area (Å²) in [5.74, 6) is 1.97. The molecule has 25 heavy (non-hydrogen) atoms. The van der Waals surface area contributed by atoms with Crippen LogP contribution in [0, 0.1) is 6.92 Å². The van der Waals surface area contributed by atoms with Gasteiger partial charge in [0.05, 0.1) is 6.54 Å². The number of rotatable bonds is 7. The zero-order chi connectivity index (χ0) is 17.6. The van der Waals surface area contributed by atoms with Crippen LogP contribution in [0.2, 0.25) is 5.02 Å². The summed E-state index contributed by atoms with van der Waals surface area (Å²) in [5, 5.41) is 4.75. The smallest absolute Gasteiger partial charge is 0.241 e. The van der Waals surface area contributed by atoms with Crippen LogP contribution in [0.1, 0.15) is 11.5 Å². The molecule has 0 unspecified atom stereocenters. The van der Waals surface area contributed by atoms with E-state index in [0.29, 0.717) is 29.9 Å². The third-order valence-electron chi connectivity index (χ3n) is 3.80. The molecule has 0 amide bonds. The van der Waals surface area contributed by atoms with E-state index in [-0.39, 0.29) is 0 Å². The van der Waals surface area contributed by atoms with Crippen molar-refractivity contribution in [2.75, 3.05) is 20.2 Å². The fraction of sp³-hybridized carbons (Fsp3) is 0.263. The summed E-state index contributed by atoms with van der Waals surface area (Å²) in [4.78, 5) is 6.55. The van der Waals surface area contributed by atoms with E-state index >= 15 is 0 Å². The van der Waals surface area contributed by atoms with E-state index in [9.17, 15) is 0 Å². The highest BCUT2D eigenvalue weighted by Crippen LogP contribution is 2.20. The van der Waals surface area contributed by atoms with Gasteiger partial charge in [-0.05, 0) is 37.7 Å². The lowest BCUT2D eigenvalue weighted by Gasteiger charge is -2.14. The van der Waals surface area contributed by atoms with Crippen molar-refractivity contribution < 1.29 is 9.26 Å². The third kappa shape index (κ3) is 4.81. The summed E-state index contributed by atoms with van der Waals surface area (Å²) in [6, 6.07) is 15.4. The van der Waals surface area contributed by atoms with Crippen LogP contribution in [0.4, 0.5) is 0 Å². The van der Waals surface area contributed by atoms with Gasteiger partial charge >= 0.3 is 0 Å². The predicted molar refractivity (Wildman–Crippen MR) is 97.8 cm³/mol. The molecule has 2 aromatic carbocycles. The number of halogens is 1. The number of ether oxygens (including phenoxy) is 1. The maximum atomic E-state index is 5.94. The molecule has 0 aliphatic carbocycles. The second kappa shape index (κ2) is 8.14. The van der Waals surface area contributed by atoms with Crippen LogP contribution in [0.25, 0.3) is 11.4 Å². The number of benzene rings is 2. The molecule has 6 heteroatoms. The average molecular weight is 358 g/mol. The standard InChI is InChI=1S/C19H20ClN3O2/c1-14-6-3-4-9-17(14)19-21-18(25-22-19)13-23(2)10-11-24-16-8-5-7-15(20)12-16/h3-9,12H,10-11,13H2,1-2H3. The van der Waals surface area contributed by atoms with Crippen LogP contribution in [0.3, 0.4) is 0 Å². The molecule has 0 N–H and O–H groups in total. The second-order valence-corrected chi connectivity index (χ2v) is 6.31. The maximum absolute atomic E-state index is 5.94. The molecule has 0 radical (unpaired) electrons. The molecule has 0 spiro atoms. The van der Waals surface area contributed by atoms with Gasteiger partial charge in [0.25, 0.3) is 0 Å². The van der Waals surface area contributed by atoms with E-state index in [1.165, 1.54) is 0 Å². The molecule has 1 aromatic heterocycles. The Morgan fingerprint density at radius 2 is 2.00 bits per heavy atom. The zero-order valence-corrected chi connectivity index (χ0v) is 15.0. The fourth-order valence-corrected chi connectivity index (χ4v) is 2.62. The van der Waals surface area contributed by atoms with E-state index in [2.05, 4.69) is 15.0 Å². The van der Waals surface area contributed by atoms with Crippen LogP contribution in [-0.2, 0) is 6.54 Å². The van der Waals surface area contributed by atoms with Gasteiger partial charge in [0.1, 0.15) is 12.4 Å². The van der Waals surface area contributed by atoms with Crippen molar-refractivity contribution >= 4 is 11.6 Å². The van der Waals surface area contributed by atoms with Gasteiger partial charge in [-0.25, -0.2) is 0 Å². The monoisotopic (exact) mass is 357 g/mol. The minimum Gasteiger partial charge on any atom is -0.492 e. The van der Waals surface area contributed by atoms with E-state index in [1.807, 2.05) is 56.4 Å². The highest BCUT2D eigenvalue weighted by molar-refractivity contribution is 6.30. The van der Waals surface area contributed by atoms with Crippen molar-refractivity contribution in [1.29, 1.82) is 0 Å². The first-order valence-corrected chi connectivity index (χ1v) is 8.45. The summed E-state index contributed by atoms with van der Waals surface area (Å²) in [5.41, 5.74) is 2.11. The number of aryl methyl sites for hydroxylation is 1. The van der Waals surface area contributed by atoms with Crippen LogP contribution < -0.4 is 4.74 Å². The van der Waals surface area contributed by atoms with E-state index < -0.39 is 0 Å². The topological polar surface area (TPSA) is 51.4 Å². The molecule has 0 saturated carbocycles. The lowest BCUT2D eigenvalue weighted by molar-refractivity contribution is 0.213. The lowest BCUT2D eigenvalue weighted by atomic mass is 10.1. The van der Waals surface area contributed by atoms with Crippen molar-refractivity contribution in [3.63, 3.8) is 0 Å². The predicted octanol–water partition coefficient (Wildman–Crippen LogP) is 4.21. The minimum absolute atomic E-state index is 0.551. The first kappa shape index (κ1) is 17.5. The number of hydrogen-bond acceptors (Lipinski definition) is 5. The zero-order valence-electron chi connectivity index (χ0n) is 14.3. The Morgan fingerprint density at radius 3 is 2.80 bits per heavy atom. The first-order chi connectivity index (χ1) is 12.1. The number of likely N-dealkylation sites (N-methyl/N-ethyl adjacent to an activating group) is 1. The molecule has 0 fully saturated rings. The quantitative estimate of drug-likeness (QED) is 0.634. The van der Waals surface area contributed by atoms with Gasteiger partial charge < -0.3 is 9.26 Å². The molecule has 0 saturated heterocycles. The first-order valence-electron chi connectivity index (χ1n) is 8.07. The summed E-state index contributed by atoms with van der Waals surface area (Å²) in [6.45, 7) is 3.88. The summed E-state index contributed by atoms with van der Waals surface area (Å²) < 4.78 is 11.1. The van der Waals surface area contributed by atoms with Crippen molar-refractivity contribution in [2.24, 2.45) is 0 Å². The molecule has 0 aliphatic heterocycles. The Labute approximate surface area is 152 Å². The molecular formula is C19H20ClN3O2. The molecule has 0 atom stereocenters. The van der Waals surface area contributed by atoms with Crippen LogP contribution in [0.5, 0.6) is 5.75 Å². The SMILES string of the molecule is Cc1ccccc1-c1noc(CN(C)CCOc2cccc(Cl)c2)n1. The largest absolute Gasteiger partial charge is 0.492 e. The minimum atomic E-state index is 0.551. The molecule has 130 valence electrons. The average Bonchev–Trinajstić information content (AvgIpc) is 3.03. The van der Waals surface area contributed by atoms with Gasteiger partial charge in [0, 0.05) is 17.1 Å². The normalized spacial score (nSPS) is 11.0. The van der Waals surface area contributed by atoms with E-state index in [0.717, 1.165) is 23.4 Å². The van der Waals surface area contributed by atoms with Gasteiger partial charge in [-0.15, -0.1) is 0 Å². The molecule has 3 rings (SSSR count). The van der Waals surface area contributed by atoms with Gasteiger partial charge in [-0.3, -0.25) is 4.90 Å². The lowest BCUT2D eigenvalue weighted by Crippen LogP contribution is -2.24. The van der Waals surface area contributed by atoms with Gasteiger partial charge in [-0.2, -0.15) is 4.98 Å². The Hall–Kier alpha value is -2.37. The van der Waals surface area contributed by atoms with Crippen molar-refractivity contribution in [3.8, 4) is 17.1 Å². The summed E-state index contributed by atoms with van der Waals surface area (Å²) in [6.07, 6.45) is 0. The van der Waals surface area contributed by atoms with E-state index in [1.54, 1.807) is 6.07 Å². The Kier molecular flexibility index (Phi) is 5.68. The summed E-state index contributed by atoms with van der Waals surface area (Å²) >= 11 is 5.94. The molecule has 5 nitrogen and oxygen atoms in total. The fourth-order valence-electron chi connectivity index (χ4n) is 2.44. The van der Waals surface area contributed by atoms with Gasteiger partial charge in [0.2, 0.25) is 11.7 Å². The third-order valence-corrected chi connectivity index (χ3v) is 4.03. The van der Waals surface area contributed by atoms with Crippen LogP contribution >= 0.6 is 11.6 Å². The second-order valence-electron chi connectivity index (χ2n) is 5.87. The molecule has 3 aromatic rings. The molecule has 1 heterocycles. The van der Waals surface area contributed by atoms with Crippen LogP contribution in [0.15, 0.2) is 53.1 Å².